The van der Waals surface area contributed by atoms with Crippen molar-refractivity contribution in [2.24, 2.45) is 0 Å². The Morgan fingerprint density at radius 2 is 2.11 bits per heavy atom. The lowest BCUT2D eigenvalue weighted by molar-refractivity contribution is 0.168. The molecule has 0 radical (unpaired) electrons. The Balaban J connectivity index is 2.16. The molecule has 0 aliphatic carbocycles. The molecule has 0 spiro atoms. The van der Waals surface area contributed by atoms with Gasteiger partial charge < -0.3 is 4.74 Å². The number of aryl methyl sites for hydroxylation is 2. The van der Waals surface area contributed by atoms with Crippen molar-refractivity contribution in [2.75, 3.05) is 11.9 Å². The van der Waals surface area contributed by atoms with Crippen LogP contribution in [0, 0.1) is 13.8 Å². The van der Waals surface area contributed by atoms with E-state index in [2.05, 4.69) is 35.4 Å². The van der Waals surface area contributed by atoms with Gasteiger partial charge >= 0.3 is 6.09 Å². The molecule has 1 N–H and O–H groups in total. The number of nitrogens with zero attached hydrogens (tertiary/aromatic N) is 2. The average molecular weight is 277 g/mol. The third-order valence-corrected chi connectivity index (χ3v) is 3.55. The molecule has 19 heavy (non-hydrogen) atoms. The van der Waals surface area contributed by atoms with Gasteiger partial charge in [0.05, 0.1) is 6.61 Å². The topological polar surface area (TPSA) is 64.1 Å². The summed E-state index contributed by atoms with van der Waals surface area (Å²) in [5.74, 6) is 0. The maximum absolute atomic E-state index is 11.3. The van der Waals surface area contributed by atoms with Crippen molar-refractivity contribution in [1.29, 1.82) is 0 Å². The number of aromatic nitrogens is 2. The van der Waals surface area contributed by atoms with Crippen LogP contribution >= 0.6 is 11.3 Å². The fraction of sp³-hybridized carbons (Fsp3) is 0.308. The molecule has 0 fully saturated rings. The minimum absolute atomic E-state index is 0.328. The highest BCUT2D eigenvalue weighted by atomic mass is 32.1. The van der Waals surface area contributed by atoms with E-state index in [1.165, 1.54) is 22.5 Å². The molecule has 1 aromatic heterocycles. The van der Waals surface area contributed by atoms with Crippen LogP contribution in [0.3, 0.4) is 0 Å². The Morgan fingerprint density at radius 3 is 2.79 bits per heavy atom. The molecular formula is C13H15N3O2S. The van der Waals surface area contributed by atoms with E-state index in [1.54, 1.807) is 6.92 Å². The van der Waals surface area contributed by atoms with E-state index in [1.807, 2.05) is 12.1 Å². The number of carbonyl (C=O) groups excluding carboxylic acids is 1. The Labute approximate surface area is 115 Å². The van der Waals surface area contributed by atoms with Crippen LogP contribution in [0.2, 0.25) is 0 Å². The number of ether oxygens (including phenoxy) is 1. The molecule has 6 heteroatoms. The van der Waals surface area contributed by atoms with Gasteiger partial charge in [0, 0.05) is 5.56 Å². The maximum Gasteiger partial charge on any atom is 0.413 e. The number of hydrogen-bond acceptors (Lipinski definition) is 5. The number of benzene rings is 1. The monoisotopic (exact) mass is 277 g/mol. The van der Waals surface area contributed by atoms with Gasteiger partial charge in [-0.3, -0.25) is 5.32 Å². The SMILES string of the molecule is CCOC(=O)Nc1nnc(-c2ccc(C)c(C)c2)s1. The predicted molar refractivity (Wildman–Crippen MR) is 75.5 cm³/mol. The lowest BCUT2D eigenvalue weighted by Gasteiger charge is -2.01. The number of rotatable bonds is 3. The van der Waals surface area contributed by atoms with Crippen molar-refractivity contribution >= 4 is 22.6 Å². The summed E-state index contributed by atoms with van der Waals surface area (Å²) in [4.78, 5) is 11.3. The molecule has 100 valence electrons. The third-order valence-electron chi connectivity index (χ3n) is 2.66. The van der Waals surface area contributed by atoms with Crippen molar-refractivity contribution < 1.29 is 9.53 Å². The summed E-state index contributed by atoms with van der Waals surface area (Å²) in [6.45, 7) is 6.19. The molecule has 2 rings (SSSR count). The fourth-order valence-electron chi connectivity index (χ4n) is 1.52. The number of hydrogen-bond donors (Lipinski definition) is 1. The van der Waals surface area contributed by atoms with Gasteiger partial charge in [-0.25, -0.2) is 4.79 Å². The largest absolute Gasteiger partial charge is 0.450 e. The fourth-order valence-corrected chi connectivity index (χ4v) is 2.24. The van der Waals surface area contributed by atoms with Crippen LogP contribution in [-0.2, 0) is 4.74 Å². The standard InChI is InChI=1S/C13H15N3O2S/c1-4-18-13(17)14-12-16-15-11(19-12)10-6-5-8(2)9(3)7-10/h5-7H,4H2,1-3H3,(H,14,16,17). The Kier molecular flexibility index (Phi) is 4.11. The van der Waals surface area contributed by atoms with Crippen molar-refractivity contribution in [2.45, 2.75) is 20.8 Å². The lowest BCUT2D eigenvalue weighted by Crippen LogP contribution is -2.12. The van der Waals surface area contributed by atoms with E-state index >= 15 is 0 Å². The lowest BCUT2D eigenvalue weighted by atomic mass is 10.1. The summed E-state index contributed by atoms with van der Waals surface area (Å²) in [5.41, 5.74) is 3.43. The molecule has 0 bridgehead atoms. The van der Waals surface area contributed by atoms with Crippen molar-refractivity contribution in [3.05, 3.63) is 29.3 Å². The molecule has 0 saturated heterocycles. The van der Waals surface area contributed by atoms with Gasteiger partial charge in [-0.1, -0.05) is 23.5 Å². The van der Waals surface area contributed by atoms with Gasteiger partial charge in [-0.15, -0.1) is 10.2 Å². The first kappa shape index (κ1) is 13.5. The zero-order chi connectivity index (χ0) is 13.8. The van der Waals surface area contributed by atoms with E-state index < -0.39 is 6.09 Å². The first-order valence-corrected chi connectivity index (χ1v) is 6.76. The van der Waals surface area contributed by atoms with E-state index in [0.717, 1.165) is 10.6 Å². The summed E-state index contributed by atoms with van der Waals surface area (Å²) in [7, 11) is 0. The van der Waals surface area contributed by atoms with Gasteiger partial charge in [-0.2, -0.15) is 0 Å². The summed E-state index contributed by atoms with van der Waals surface area (Å²) in [6, 6.07) is 6.10. The summed E-state index contributed by atoms with van der Waals surface area (Å²) in [6.07, 6.45) is -0.509. The maximum atomic E-state index is 11.3. The normalized spacial score (nSPS) is 10.3. The predicted octanol–water partition coefficient (Wildman–Crippen LogP) is 3.39. The molecular weight excluding hydrogens is 262 g/mol. The molecule has 1 heterocycles. The van der Waals surface area contributed by atoms with Crippen LogP contribution in [0.25, 0.3) is 10.6 Å². The molecule has 0 aliphatic heterocycles. The van der Waals surface area contributed by atoms with Crippen molar-refractivity contribution in [3.63, 3.8) is 0 Å². The molecule has 0 atom stereocenters. The van der Waals surface area contributed by atoms with E-state index in [0.29, 0.717) is 11.7 Å². The van der Waals surface area contributed by atoms with Crippen LogP contribution in [0.15, 0.2) is 18.2 Å². The highest BCUT2D eigenvalue weighted by Crippen LogP contribution is 2.27. The van der Waals surface area contributed by atoms with Gasteiger partial charge in [0.2, 0.25) is 5.13 Å². The van der Waals surface area contributed by atoms with Gasteiger partial charge in [0.25, 0.3) is 0 Å². The molecule has 1 amide bonds. The second-order valence-electron chi connectivity index (χ2n) is 4.06. The summed E-state index contributed by atoms with van der Waals surface area (Å²) in [5, 5.41) is 11.7. The molecule has 5 nitrogen and oxygen atoms in total. The smallest absolute Gasteiger partial charge is 0.413 e. The quantitative estimate of drug-likeness (QED) is 0.934. The first-order chi connectivity index (χ1) is 9.10. The molecule has 2 aromatic rings. The molecule has 0 unspecified atom stereocenters. The van der Waals surface area contributed by atoms with E-state index in [-0.39, 0.29) is 0 Å². The zero-order valence-corrected chi connectivity index (χ0v) is 11.9. The summed E-state index contributed by atoms with van der Waals surface area (Å²) >= 11 is 1.32. The molecule has 0 saturated carbocycles. The minimum atomic E-state index is -0.509. The Hall–Kier alpha value is -1.95. The summed E-state index contributed by atoms with van der Waals surface area (Å²) < 4.78 is 4.78. The third kappa shape index (κ3) is 3.29. The van der Waals surface area contributed by atoms with Crippen LogP contribution in [0.4, 0.5) is 9.93 Å². The Morgan fingerprint density at radius 1 is 1.32 bits per heavy atom. The number of amides is 1. The van der Waals surface area contributed by atoms with Crippen molar-refractivity contribution in [3.8, 4) is 10.6 Å². The van der Waals surface area contributed by atoms with Crippen molar-refractivity contribution in [1.82, 2.24) is 10.2 Å². The number of nitrogens with one attached hydrogen (secondary N) is 1. The van der Waals surface area contributed by atoms with Crippen LogP contribution in [0.1, 0.15) is 18.1 Å². The highest BCUT2D eigenvalue weighted by molar-refractivity contribution is 7.18. The zero-order valence-electron chi connectivity index (χ0n) is 11.1. The number of anilines is 1. The second kappa shape index (κ2) is 5.79. The molecule has 1 aromatic carbocycles. The van der Waals surface area contributed by atoms with Gasteiger partial charge in [0.15, 0.2) is 0 Å². The van der Waals surface area contributed by atoms with Gasteiger partial charge in [-0.05, 0) is 38.0 Å². The van der Waals surface area contributed by atoms with Gasteiger partial charge in [0.1, 0.15) is 5.01 Å². The highest BCUT2D eigenvalue weighted by Gasteiger charge is 2.10. The first-order valence-electron chi connectivity index (χ1n) is 5.95. The molecule has 0 aliphatic rings. The minimum Gasteiger partial charge on any atom is -0.450 e. The number of carbonyl (C=O) groups is 1. The Bertz CT molecular complexity index is 595. The van der Waals surface area contributed by atoms with Crippen LogP contribution < -0.4 is 5.32 Å². The van der Waals surface area contributed by atoms with E-state index in [4.69, 9.17) is 4.74 Å². The van der Waals surface area contributed by atoms with Crippen LogP contribution in [0.5, 0.6) is 0 Å². The van der Waals surface area contributed by atoms with E-state index in [9.17, 15) is 4.79 Å². The van der Waals surface area contributed by atoms with Crippen LogP contribution in [-0.4, -0.2) is 22.9 Å². The second-order valence-corrected chi connectivity index (χ2v) is 5.03. The average Bonchev–Trinajstić information content (AvgIpc) is 2.81.